The maximum absolute atomic E-state index is 12.5. The smallest absolute Gasteiger partial charge is 0.248 e. The molecule has 7 nitrogen and oxygen atoms in total. The lowest BCUT2D eigenvalue weighted by Crippen LogP contribution is -2.34. The molecule has 0 bridgehead atoms. The van der Waals surface area contributed by atoms with Crippen molar-refractivity contribution in [1.29, 1.82) is 0 Å². The number of rotatable bonds is 2. The zero-order chi connectivity index (χ0) is 14.4. The van der Waals surface area contributed by atoms with Crippen LogP contribution in [-0.4, -0.2) is 34.1 Å². The van der Waals surface area contributed by atoms with Crippen molar-refractivity contribution in [3.05, 3.63) is 28.7 Å². The summed E-state index contributed by atoms with van der Waals surface area (Å²) in [7, 11) is 1.30. The molecule has 1 N–H and O–H groups in total. The Morgan fingerprint density at radius 2 is 2.10 bits per heavy atom. The first-order valence-corrected chi connectivity index (χ1v) is 6.29. The number of carbonyl (C=O) groups is 3. The monoisotopic (exact) mass is 275 g/mol. The van der Waals surface area contributed by atoms with Gasteiger partial charge in [0.15, 0.2) is 5.76 Å². The summed E-state index contributed by atoms with van der Waals surface area (Å²) in [5, 5.41) is 2.36. The third-order valence-electron chi connectivity index (χ3n) is 3.42. The van der Waals surface area contributed by atoms with Crippen LogP contribution in [-0.2, 0) is 22.5 Å². The number of nitrogens with zero attached hydrogens (tertiary/aromatic N) is 2. The fraction of sp³-hybridized carbons (Fsp3) is 0.385. The van der Waals surface area contributed by atoms with E-state index in [2.05, 4.69) is 10.3 Å². The van der Waals surface area contributed by atoms with Crippen molar-refractivity contribution in [3.63, 3.8) is 0 Å². The molecule has 0 fully saturated rings. The Balaban J connectivity index is 2.17. The Labute approximate surface area is 114 Å². The summed E-state index contributed by atoms with van der Waals surface area (Å²) in [6.45, 7) is 1.93. The molecule has 7 heteroatoms. The number of carbonyl (C=O) groups excluding carboxylic acids is 3. The second-order valence-electron chi connectivity index (χ2n) is 4.73. The Bertz CT molecular complexity index is 684. The van der Waals surface area contributed by atoms with E-state index in [1.165, 1.54) is 14.0 Å². The highest BCUT2D eigenvalue weighted by atomic mass is 16.5. The molecule has 1 aliphatic carbocycles. The van der Waals surface area contributed by atoms with Crippen molar-refractivity contribution in [3.8, 4) is 0 Å². The highest BCUT2D eigenvalue weighted by Crippen LogP contribution is 2.29. The summed E-state index contributed by atoms with van der Waals surface area (Å²) in [6, 6.07) is 0. The lowest BCUT2D eigenvalue weighted by atomic mass is 10.00. The largest absolute Gasteiger partial charge is 0.491 e. The standard InChI is InChI=1S/C13H13N3O4/c1-6(17)14-9-11(18)8-10(12(19)13(9)20-2)16-5-3-4-7(16)15-8/h3-5H2,1-2H3,(H,14,17). The number of fused-ring (bicyclic) bond motifs is 3. The SMILES string of the molecule is COC1=C(NC(C)=O)C(=O)c2nc3n(c2C1=O)CCC3. The van der Waals surface area contributed by atoms with Crippen molar-refractivity contribution >= 4 is 17.5 Å². The summed E-state index contributed by atoms with van der Waals surface area (Å²) in [4.78, 5) is 40.3. The molecule has 2 aliphatic rings. The number of hydrogen-bond acceptors (Lipinski definition) is 5. The predicted octanol–water partition coefficient (Wildman–Crippen LogP) is 0.202. The van der Waals surface area contributed by atoms with Gasteiger partial charge < -0.3 is 14.6 Å². The molecule has 0 saturated heterocycles. The van der Waals surface area contributed by atoms with E-state index < -0.39 is 17.5 Å². The van der Waals surface area contributed by atoms with E-state index in [1.54, 1.807) is 4.57 Å². The van der Waals surface area contributed by atoms with Gasteiger partial charge in [-0.3, -0.25) is 14.4 Å². The Hall–Kier alpha value is -2.44. The lowest BCUT2D eigenvalue weighted by Gasteiger charge is -2.18. The summed E-state index contributed by atoms with van der Waals surface area (Å²) in [6.07, 6.45) is 1.65. The molecule has 3 rings (SSSR count). The molecule has 104 valence electrons. The van der Waals surface area contributed by atoms with E-state index in [0.29, 0.717) is 6.54 Å². The van der Waals surface area contributed by atoms with Crippen molar-refractivity contribution in [2.45, 2.75) is 26.3 Å². The zero-order valence-corrected chi connectivity index (χ0v) is 11.1. The third-order valence-corrected chi connectivity index (χ3v) is 3.42. The lowest BCUT2D eigenvalue weighted by molar-refractivity contribution is -0.118. The van der Waals surface area contributed by atoms with Crippen LogP contribution in [0.5, 0.6) is 0 Å². The minimum Gasteiger partial charge on any atom is -0.491 e. The van der Waals surface area contributed by atoms with Crippen LogP contribution >= 0.6 is 0 Å². The summed E-state index contributed by atoms with van der Waals surface area (Å²) in [5.41, 5.74) is 0.247. The number of methoxy groups -OCH3 is 1. The van der Waals surface area contributed by atoms with Gasteiger partial charge in [-0.1, -0.05) is 0 Å². The van der Waals surface area contributed by atoms with Crippen LogP contribution in [0.2, 0.25) is 0 Å². The number of hydrogen-bond donors (Lipinski definition) is 1. The van der Waals surface area contributed by atoms with E-state index in [1.807, 2.05) is 0 Å². The molecule has 0 radical (unpaired) electrons. The van der Waals surface area contributed by atoms with Gasteiger partial charge in [0.25, 0.3) is 0 Å². The molecule has 20 heavy (non-hydrogen) atoms. The van der Waals surface area contributed by atoms with Gasteiger partial charge in [-0.25, -0.2) is 4.98 Å². The molecule has 1 aromatic heterocycles. The van der Waals surface area contributed by atoms with Gasteiger partial charge in [-0.05, 0) is 6.42 Å². The second kappa shape index (κ2) is 4.29. The van der Waals surface area contributed by atoms with Crippen LogP contribution < -0.4 is 5.32 Å². The maximum Gasteiger partial charge on any atom is 0.248 e. The number of Topliss-reactive ketones (excluding diaryl/α,β-unsaturated/α-hetero) is 2. The molecule has 0 saturated carbocycles. The number of aromatic nitrogens is 2. The number of allylic oxidation sites excluding steroid dienone is 2. The van der Waals surface area contributed by atoms with Gasteiger partial charge in [0.2, 0.25) is 17.5 Å². The number of ether oxygens (including phenoxy) is 1. The fourth-order valence-electron chi connectivity index (χ4n) is 2.64. The number of aryl methyl sites for hydroxylation is 1. The molecule has 1 aliphatic heterocycles. The summed E-state index contributed by atoms with van der Waals surface area (Å²) in [5.74, 6) is -0.727. The van der Waals surface area contributed by atoms with Crippen LogP contribution in [0, 0.1) is 0 Å². The fourth-order valence-corrected chi connectivity index (χ4v) is 2.64. The Morgan fingerprint density at radius 1 is 1.35 bits per heavy atom. The maximum atomic E-state index is 12.5. The average molecular weight is 275 g/mol. The second-order valence-corrected chi connectivity index (χ2v) is 4.73. The molecule has 0 aromatic carbocycles. The van der Waals surface area contributed by atoms with Crippen molar-refractivity contribution < 1.29 is 19.1 Å². The van der Waals surface area contributed by atoms with E-state index in [4.69, 9.17) is 4.74 Å². The van der Waals surface area contributed by atoms with Gasteiger partial charge in [0, 0.05) is 19.9 Å². The third kappa shape index (κ3) is 1.59. The molecule has 2 heterocycles. The van der Waals surface area contributed by atoms with Crippen LogP contribution in [0.15, 0.2) is 11.5 Å². The number of imidazole rings is 1. The van der Waals surface area contributed by atoms with E-state index >= 15 is 0 Å². The minimum atomic E-state index is -0.478. The summed E-state index contributed by atoms with van der Waals surface area (Å²) >= 11 is 0. The molecule has 1 aromatic rings. The van der Waals surface area contributed by atoms with Gasteiger partial charge >= 0.3 is 0 Å². The van der Waals surface area contributed by atoms with Gasteiger partial charge in [-0.2, -0.15) is 0 Å². The minimum absolute atomic E-state index is 0.106. The molecule has 0 unspecified atom stereocenters. The van der Waals surface area contributed by atoms with Gasteiger partial charge in [0.1, 0.15) is 22.9 Å². The van der Waals surface area contributed by atoms with E-state index in [0.717, 1.165) is 18.7 Å². The highest BCUT2D eigenvalue weighted by Gasteiger charge is 2.40. The molecular formula is C13H13N3O4. The van der Waals surface area contributed by atoms with Gasteiger partial charge in [0.05, 0.1) is 7.11 Å². The van der Waals surface area contributed by atoms with Crippen LogP contribution in [0.4, 0.5) is 0 Å². The zero-order valence-electron chi connectivity index (χ0n) is 11.1. The van der Waals surface area contributed by atoms with Crippen LogP contribution in [0.1, 0.15) is 40.1 Å². The van der Waals surface area contributed by atoms with Crippen molar-refractivity contribution in [2.75, 3.05) is 7.11 Å². The van der Waals surface area contributed by atoms with Gasteiger partial charge in [-0.15, -0.1) is 0 Å². The van der Waals surface area contributed by atoms with Crippen LogP contribution in [0.25, 0.3) is 0 Å². The highest BCUT2D eigenvalue weighted by molar-refractivity contribution is 6.25. The average Bonchev–Trinajstić information content (AvgIpc) is 2.95. The number of nitrogens with one attached hydrogen (secondary N) is 1. The summed E-state index contributed by atoms with van der Waals surface area (Å²) < 4.78 is 6.79. The molecular weight excluding hydrogens is 262 g/mol. The van der Waals surface area contributed by atoms with E-state index in [9.17, 15) is 14.4 Å². The first-order chi connectivity index (χ1) is 9.54. The first kappa shape index (κ1) is 12.6. The molecule has 1 amide bonds. The van der Waals surface area contributed by atoms with Crippen LogP contribution in [0.3, 0.4) is 0 Å². The van der Waals surface area contributed by atoms with E-state index in [-0.39, 0.29) is 22.8 Å². The topological polar surface area (TPSA) is 90.3 Å². The molecule has 0 atom stereocenters. The first-order valence-electron chi connectivity index (χ1n) is 6.29. The predicted molar refractivity (Wildman–Crippen MR) is 67.1 cm³/mol. The number of ketones is 2. The van der Waals surface area contributed by atoms with Crippen molar-refractivity contribution in [2.24, 2.45) is 0 Å². The Morgan fingerprint density at radius 3 is 2.75 bits per heavy atom. The Kier molecular flexibility index (Phi) is 2.70. The number of amides is 1. The quantitative estimate of drug-likeness (QED) is 0.832. The molecule has 0 spiro atoms. The van der Waals surface area contributed by atoms with Crippen molar-refractivity contribution in [1.82, 2.24) is 14.9 Å². The normalized spacial score (nSPS) is 17.1.